The third-order valence-electron chi connectivity index (χ3n) is 4.17. The molecule has 0 aliphatic rings. The Morgan fingerprint density at radius 3 is 2.13 bits per heavy atom. The molecule has 0 radical (unpaired) electrons. The molecule has 0 aliphatic carbocycles. The minimum absolute atomic E-state index is 0.507. The molecule has 0 amide bonds. The number of nitrogens with one attached hydrogen (secondary N) is 1. The zero-order chi connectivity index (χ0) is 17.2. The predicted molar refractivity (Wildman–Crippen MR) is 106 cm³/mol. The van der Waals surface area contributed by atoms with E-state index in [-0.39, 0.29) is 0 Å². The predicted octanol–water partition coefficient (Wildman–Crippen LogP) is 6.37. The fourth-order valence-corrected chi connectivity index (χ4v) is 3.57. The minimum atomic E-state index is 0.507. The van der Waals surface area contributed by atoms with Crippen LogP contribution in [0, 0.1) is 17.6 Å². The first-order valence-corrected chi connectivity index (χ1v) is 11.4. The number of hydrogen-bond acceptors (Lipinski definition) is 3. The van der Waals surface area contributed by atoms with Crippen molar-refractivity contribution in [2.24, 2.45) is 11.8 Å². The van der Waals surface area contributed by atoms with Crippen molar-refractivity contribution in [3.63, 3.8) is 0 Å². The van der Waals surface area contributed by atoms with E-state index in [1.54, 1.807) is 0 Å². The van der Waals surface area contributed by atoms with Gasteiger partial charge in [-0.1, -0.05) is 0 Å². The summed E-state index contributed by atoms with van der Waals surface area (Å²) >= 11 is 0. The van der Waals surface area contributed by atoms with Crippen LogP contribution in [-0.4, -0.2) is 19.5 Å². The Bertz CT molecular complexity index is 305. The van der Waals surface area contributed by atoms with Crippen molar-refractivity contribution >= 4 is 17.1 Å². The molecule has 0 bridgehead atoms. The molecule has 0 fully saturated rings. The molecule has 0 rings (SSSR count). The summed E-state index contributed by atoms with van der Waals surface area (Å²) in [5.74, 6) is 4.51. The van der Waals surface area contributed by atoms with Gasteiger partial charge in [0.05, 0.1) is 0 Å². The van der Waals surface area contributed by atoms with Gasteiger partial charge in [0.25, 0.3) is 0 Å². The van der Waals surface area contributed by atoms with Gasteiger partial charge in [0.15, 0.2) is 0 Å². The van der Waals surface area contributed by atoms with Crippen molar-refractivity contribution in [3.8, 4) is 5.75 Å². The summed E-state index contributed by atoms with van der Waals surface area (Å²) in [5, 5.41) is 3.16. The summed E-state index contributed by atoms with van der Waals surface area (Å²) in [6.07, 6.45) is 11.0. The van der Waals surface area contributed by atoms with Crippen molar-refractivity contribution in [1.82, 2.24) is 5.32 Å². The average molecular weight is 362 g/mol. The molecule has 0 aromatic heterocycles. The molecule has 0 spiro atoms. The Kier molecular flexibility index (Phi) is 19.3. The van der Waals surface area contributed by atoms with Crippen molar-refractivity contribution in [2.75, 3.05) is 19.5 Å². The topological polar surface area (TPSA) is 30.5 Å². The normalized spacial score (nSPS) is 14.1. The van der Waals surface area contributed by atoms with E-state index >= 15 is 0 Å². The summed E-state index contributed by atoms with van der Waals surface area (Å²) < 4.78 is 11.4. The van der Waals surface area contributed by atoms with Crippen LogP contribution >= 0.6 is 17.1 Å². The van der Waals surface area contributed by atoms with Gasteiger partial charge in [-0.25, -0.2) is 0 Å². The zero-order valence-electron chi connectivity index (χ0n) is 15.7. The molecular weight excluding hydrogens is 324 g/mol. The summed E-state index contributed by atoms with van der Waals surface area (Å²) in [6.45, 7) is 10.7. The van der Waals surface area contributed by atoms with Gasteiger partial charge in [0.2, 0.25) is 0 Å². The first-order valence-electron chi connectivity index (χ1n) is 9.42. The van der Waals surface area contributed by atoms with Gasteiger partial charge in [0, 0.05) is 0 Å². The van der Waals surface area contributed by atoms with Crippen LogP contribution in [0.25, 0.3) is 0 Å². The third-order valence-corrected chi connectivity index (χ3v) is 5.39. The Morgan fingerprint density at radius 2 is 1.57 bits per heavy atom. The van der Waals surface area contributed by atoms with E-state index in [0.29, 0.717) is 14.7 Å². The molecule has 0 saturated carbocycles. The Labute approximate surface area is 148 Å². The number of hydrogen-bond donors (Lipinski definition) is 1. The van der Waals surface area contributed by atoms with E-state index in [0.717, 1.165) is 33.7 Å². The van der Waals surface area contributed by atoms with Crippen LogP contribution in [0.2, 0.25) is 0 Å². The first kappa shape index (κ1) is 23.5. The maximum atomic E-state index is 5.77. The molecule has 136 valence electrons. The van der Waals surface area contributed by atoms with Crippen molar-refractivity contribution in [3.05, 3.63) is 0 Å². The van der Waals surface area contributed by atoms with E-state index in [1.807, 2.05) is 0 Å². The van der Waals surface area contributed by atoms with E-state index in [1.165, 1.54) is 51.4 Å². The quantitative estimate of drug-likeness (QED) is 0.208. The molecule has 23 heavy (non-hydrogen) atoms. The van der Waals surface area contributed by atoms with Crippen LogP contribution in [0.5, 0.6) is 0 Å². The van der Waals surface area contributed by atoms with Crippen molar-refractivity contribution in [1.29, 1.82) is 0 Å². The molecule has 3 unspecified atom stereocenters. The van der Waals surface area contributed by atoms with E-state index in [9.17, 15) is 0 Å². The van der Waals surface area contributed by atoms with E-state index < -0.39 is 0 Å². The van der Waals surface area contributed by atoms with Crippen LogP contribution in [0.1, 0.15) is 79.1 Å². The SMILES string of the molecule is CCCCC(CC)CO[P+]#CNCPOCC(CC)CCCC. The van der Waals surface area contributed by atoms with Gasteiger partial charge in [-0.15, -0.1) is 0 Å². The molecule has 0 aromatic carbocycles. The molecule has 0 heterocycles. The third kappa shape index (κ3) is 15.8. The average Bonchev–Trinajstić information content (AvgIpc) is 2.58. The van der Waals surface area contributed by atoms with E-state index in [4.69, 9.17) is 9.05 Å². The van der Waals surface area contributed by atoms with Crippen LogP contribution in [-0.2, 0) is 9.05 Å². The van der Waals surface area contributed by atoms with Crippen LogP contribution in [0.4, 0.5) is 0 Å². The fraction of sp³-hybridized carbons (Fsp3) is 0.944. The summed E-state index contributed by atoms with van der Waals surface area (Å²) in [7, 11) is 1.32. The maximum absolute atomic E-state index is 5.77. The van der Waals surface area contributed by atoms with Crippen LogP contribution < -0.4 is 5.32 Å². The van der Waals surface area contributed by atoms with Crippen LogP contribution in [0.3, 0.4) is 0 Å². The van der Waals surface area contributed by atoms with Gasteiger partial charge in [-0.3, -0.25) is 0 Å². The molecular formula is C18H38NO2P2+. The molecule has 0 saturated heterocycles. The summed E-state index contributed by atoms with van der Waals surface area (Å²) in [6, 6.07) is 0. The second kappa shape index (κ2) is 18.9. The molecule has 3 atom stereocenters. The fourth-order valence-electron chi connectivity index (χ4n) is 2.31. The summed E-state index contributed by atoms with van der Waals surface area (Å²) in [4.78, 5) is 0. The monoisotopic (exact) mass is 362 g/mol. The van der Waals surface area contributed by atoms with Gasteiger partial charge in [0.1, 0.15) is 0 Å². The van der Waals surface area contributed by atoms with Gasteiger partial charge < -0.3 is 0 Å². The standard InChI is InChI=1S/C18H38NO2P2/c1-5-9-11-17(7-3)13-20-22-15-19-16-23-21-14-18(8-4)12-10-6-2/h17-19,22H,5-15H2,1-4H3/q+1. The number of unbranched alkanes of at least 4 members (excludes halogenated alkanes) is 2. The molecule has 1 N–H and O–H groups in total. The van der Waals surface area contributed by atoms with Gasteiger partial charge in [-0.05, 0) is 0 Å². The van der Waals surface area contributed by atoms with E-state index in [2.05, 4.69) is 38.8 Å². The molecule has 3 nitrogen and oxygen atoms in total. The molecule has 0 aromatic rings. The number of rotatable bonds is 15. The van der Waals surface area contributed by atoms with Gasteiger partial charge in [-0.2, -0.15) is 0 Å². The zero-order valence-corrected chi connectivity index (χ0v) is 17.6. The Balaban J connectivity index is 3.54. The Morgan fingerprint density at radius 1 is 0.957 bits per heavy atom. The van der Waals surface area contributed by atoms with Crippen molar-refractivity contribution < 1.29 is 9.05 Å². The van der Waals surface area contributed by atoms with Crippen LogP contribution in [0.15, 0.2) is 0 Å². The first-order chi connectivity index (χ1) is 11.3. The summed E-state index contributed by atoms with van der Waals surface area (Å²) in [5.41, 5.74) is 0. The Hall–Kier alpha value is 0.520. The van der Waals surface area contributed by atoms with Crippen molar-refractivity contribution in [2.45, 2.75) is 79.1 Å². The second-order valence-corrected chi connectivity index (χ2v) is 7.74. The second-order valence-electron chi connectivity index (χ2n) is 6.14. The molecule has 5 heteroatoms. The molecule has 0 aliphatic heterocycles. The van der Waals surface area contributed by atoms with Gasteiger partial charge >= 0.3 is 148 Å².